The van der Waals surface area contributed by atoms with Crippen molar-refractivity contribution in [3.05, 3.63) is 17.8 Å². The number of methoxy groups -OCH3 is 2. The first-order valence-corrected chi connectivity index (χ1v) is 6.98. The third kappa shape index (κ3) is 5.35. The summed E-state index contributed by atoms with van der Waals surface area (Å²) in [6.45, 7) is 5.41. The van der Waals surface area contributed by atoms with Crippen molar-refractivity contribution in [3.63, 3.8) is 0 Å². The Morgan fingerprint density at radius 1 is 1.25 bits per heavy atom. The molecule has 114 valence electrons. The zero-order chi connectivity index (χ0) is 15.0. The van der Waals surface area contributed by atoms with E-state index in [4.69, 9.17) is 19.9 Å². The number of nitrogens with zero attached hydrogens (tertiary/aromatic N) is 1. The van der Waals surface area contributed by atoms with E-state index in [9.17, 15) is 0 Å². The maximum absolute atomic E-state index is 5.90. The van der Waals surface area contributed by atoms with Gasteiger partial charge in [0.15, 0.2) is 5.75 Å². The maximum Gasteiger partial charge on any atom is 0.256 e. The van der Waals surface area contributed by atoms with E-state index < -0.39 is 0 Å². The van der Waals surface area contributed by atoms with E-state index in [-0.39, 0.29) is 6.04 Å². The van der Waals surface area contributed by atoms with Gasteiger partial charge in [0, 0.05) is 32.4 Å². The monoisotopic (exact) mass is 282 g/mol. The van der Waals surface area contributed by atoms with Crippen LogP contribution in [0.15, 0.2) is 12.3 Å². The highest BCUT2D eigenvalue weighted by Gasteiger charge is 2.12. The summed E-state index contributed by atoms with van der Waals surface area (Å²) < 4.78 is 15.9. The summed E-state index contributed by atoms with van der Waals surface area (Å²) in [5, 5.41) is 0. The highest BCUT2D eigenvalue weighted by atomic mass is 16.5. The standard InChI is InChI=1S/C15H26N2O3/c1-11(12(2)16)8-13-9-14(15(19-4)17-10-13)20-7-5-6-18-3/h9-12H,5-8,16H2,1-4H3. The van der Waals surface area contributed by atoms with Gasteiger partial charge in [-0.1, -0.05) is 6.92 Å². The number of nitrogens with two attached hydrogens (primary N) is 1. The highest BCUT2D eigenvalue weighted by molar-refractivity contribution is 5.36. The van der Waals surface area contributed by atoms with E-state index in [1.54, 1.807) is 14.2 Å². The van der Waals surface area contributed by atoms with Crippen LogP contribution in [-0.4, -0.2) is 38.5 Å². The quantitative estimate of drug-likeness (QED) is 0.702. The van der Waals surface area contributed by atoms with Crippen LogP contribution in [0.1, 0.15) is 25.8 Å². The predicted octanol–water partition coefficient (Wildman–Crippen LogP) is 2.03. The molecule has 0 saturated heterocycles. The summed E-state index contributed by atoms with van der Waals surface area (Å²) >= 11 is 0. The van der Waals surface area contributed by atoms with E-state index in [1.165, 1.54) is 0 Å². The predicted molar refractivity (Wildman–Crippen MR) is 79.3 cm³/mol. The summed E-state index contributed by atoms with van der Waals surface area (Å²) in [6.07, 6.45) is 3.53. The molecule has 0 bridgehead atoms. The molecule has 0 aromatic carbocycles. The smallest absolute Gasteiger partial charge is 0.256 e. The second-order valence-corrected chi connectivity index (χ2v) is 5.09. The molecule has 0 amide bonds. The molecule has 1 rings (SSSR count). The largest absolute Gasteiger partial charge is 0.488 e. The van der Waals surface area contributed by atoms with Gasteiger partial charge in [-0.3, -0.25) is 0 Å². The molecule has 2 atom stereocenters. The molecule has 0 aliphatic rings. The topological polar surface area (TPSA) is 66.6 Å². The molecule has 0 fully saturated rings. The summed E-state index contributed by atoms with van der Waals surface area (Å²) in [6, 6.07) is 2.14. The molecular weight excluding hydrogens is 256 g/mol. The number of pyridine rings is 1. The SMILES string of the molecule is COCCCOc1cc(CC(C)C(C)N)cnc1OC. The molecule has 2 unspecified atom stereocenters. The minimum atomic E-state index is 0.156. The van der Waals surface area contributed by atoms with Gasteiger partial charge in [-0.25, -0.2) is 4.98 Å². The van der Waals surface area contributed by atoms with Crippen molar-refractivity contribution < 1.29 is 14.2 Å². The average molecular weight is 282 g/mol. The number of ether oxygens (including phenoxy) is 3. The Bertz CT molecular complexity index is 397. The molecule has 0 aliphatic heterocycles. The lowest BCUT2D eigenvalue weighted by Crippen LogP contribution is -2.25. The molecule has 1 heterocycles. The van der Waals surface area contributed by atoms with Gasteiger partial charge in [-0.05, 0) is 30.9 Å². The third-order valence-electron chi connectivity index (χ3n) is 3.27. The summed E-state index contributed by atoms with van der Waals surface area (Å²) in [4.78, 5) is 4.29. The van der Waals surface area contributed by atoms with Crippen LogP contribution in [-0.2, 0) is 11.2 Å². The molecule has 5 heteroatoms. The summed E-state index contributed by atoms with van der Waals surface area (Å²) in [7, 11) is 3.27. The minimum absolute atomic E-state index is 0.156. The van der Waals surface area contributed by atoms with Crippen LogP contribution in [0.5, 0.6) is 11.6 Å². The molecule has 0 spiro atoms. The van der Waals surface area contributed by atoms with Crippen LogP contribution in [0, 0.1) is 5.92 Å². The van der Waals surface area contributed by atoms with E-state index in [0.717, 1.165) is 18.4 Å². The molecule has 20 heavy (non-hydrogen) atoms. The first kappa shape index (κ1) is 16.7. The molecule has 1 aromatic rings. The first-order chi connectivity index (χ1) is 9.58. The van der Waals surface area contributed by atoms with Crippen LogP contribution in [0.4, 0.5) is 0 Å². The third-order valence-corrected chi connectivity index (χ3v) is 3.27. The van der Waals surface area contributed by atoms with Gasteiger partial charge >= 0.3 is 0 Å². The van der Waals surface area contributed by atoms with Gasteiger partial charge < -0.3 is 19.9 Å². The van der Waals surface area contributed by atoms with Crippen molar-refractivity contribution in [2.24, 2.45) is 11.7 Å². The van der Waals surface area contributed by atoms with Crippen molar-refractivity contribution >= 4 is 0 Å². The average Bonchev–Trinajstić information content (AvgIpc) is 2.43. The molecule has 0 saturated carbocycles. The van der Waals surface area contributed by atoms with Gasteiger partial charge in [0.25, 0.3) is 5.88 Å². The van der Waals surface area contributed by atoms with Crippen molar-refractivity contribution in [1.82, 2.24) is 4.98 Å². The lowest BCUT2D eigenvalue weighted by Gasteiger charge is -2.16. The fraction of sp³-hybridized carbons (Fsp3) is 0.667. The van der Waals surface area contributed by atoms with Crippen LogP contribution in [0.3, 0.4) is 0 Å². The lowest BCUT2D eigenvalue weighted by atomic mass is 9.96. The van der Waals surface area contributed by atoms with Gasteiger partial charge in [-0.15, -0.1) is 0 Å². The normalized spacial score (nSPS) is 13.8. The molecule has 0 aliphatic carbocycles. The van der Waals surface area contributed by atoms with Crippen LogP contribution in [0.2, 0.25) is 0 Å². The Morgan fingerprint density at radius 2 is 2.00 bits per heavy atom. The van der Waals surface area contributed by atoms with Gasteiger partial charge in [0.2, 0.25) is 0 Å². The summed E-state index contributed by atoms with van der Waals surface area (Å²) in [5.41, 5.74) is 7.01. The lowest BCUT2D eigenvalue weighted by molar-refractivity contribution is 0.170. The molecule has 0 radical (unpaired) electrons. The van der Waals surface area contributed by atoms with Crippen molar-refractivity contribution in [3.8, 4) is 11.6 Å². The first-order valence-electron chi connectivity index (χ1n) is 6.98. The Labute approximate surface area is 121 Å². The summed E-state index contributed by atoms with van der Waals surface area (Å²) in [5.74, 6) is 1.59. The van der Waals surface area contributed by atoms with Gasteiger partial charge in [0.1, 0.15) is 0 Å². The van der Waals surface area contributed by atoms with E-state index >= 15 is 0 Å². The number of hydrogen-bond acceptors (Lipinski definition) is 5. The van der Waals surface area contributed by atoms with Crippen LogP contribution < -0.4 is 15.2 Å². The second-order valence-electron chi connectivity index (χ2n) is 5.09. The van der Waals surface area contributed by atoms with Crippen molar-refractivity contribution in [2.45, 2.75) is 32.7 Å². The molecule has 1 aromatic heterocycles. The van der Waals surface area contributed by atoms with Crippen LogP contribution >= 0.6 is 0 Å². The van der Waals surface area contributed by atoms with E-state index in [0.29, 0.717) is 30.8 Å². The molecule has 5 nitrogen and oxygen atoms in total. The zero-order valence-corrected chi connectivity index (χ0v) is 12.9. The Balaban J connectivity index is 2.69. The number of rotatable bonds is 9. The number of aromatic nitrogens is 1. The van der Waals surface area contributed by atoms with Crippen molar-refractivity contribution in [1.29, 1.82) is 0 Å². The minimum Gasteiger partial charge on any atom is -0.488 e. The van der Waals surface area contributed by atoms with E-state index in [1.807, 2.05) is 19.2 Å². The highest BCUT2D eigenvalue weighted by Crippen LogP contribution is 2.26. The zero-order valence-electron chi connectivity index (χ0n) is 12.9. The fourth-order valence-corrected chi connectivity index (χ4v) is 1.78. The Kier molecular flexibility index (Phi) is 7.33. The Hall–Kier alpha value is -1.33. The van der Waals surface area contributed by atoms with Crippen molar-refractivity contribution in [2.75, 3.05) is 27.4 Å². The Morgan fingerprint density at radius 3 is 2.60 bits per heavy atom. The fourth-order valence-electron chi connectivity index (χ4n) is 1.78. The number of hydrogen-bond donors (Lipinski definition) is 1. The molecular formula is C15H26N2O3. The van der Waals surface area contributed by atoms with E-state index in [2.05, 4.69) is 11.9 Å². The van der Waals surface area contributed by atoms with Gasteiger partial charge in [0.05, 0.1) is 13.7 Å². The maximum atomic E-state index is 5.90. The molecule has 2 N–H and O–H groups in total. The second kappa shape index (κ2) is 8.76. The van der Waals surface area contributed by atoms with Crippen LogP contribution in [0.25, 0.3) is 0 Å². The van der Waals surface area contributed by atoms with Gasteiger partial charge in [-0.2, -0.15) is 0 Å².